The summed E-state index contributed by atoms with van der Waals surface area (Å²) in [5, 5.41) is 0. The predicted octanol–water partition coefficient (Wildman–Crippen LogP) is 2.69. The zero-order valence-corrected chi connectivity index (χ0v) is 12.6. The van der Waals surface area contributed by atoms with Crippen molar-refractivity contribution in [2.24, 2.45) is 5.73 Å². The van der Waals surface area contributed by atoms with Crippen LogP contribution < -0.4 is 5.73 Å². The van der Waals surface area contributed by atoms with E-state index < -0.39 is 5.41 Å². The maximum Gasteiger partial charge on any atom is 0.232 e. The van der Waals surface area contributed by atoms with Gasteiger partial charge in [0, 0.05) is 12.6 Å². The number of carbonyl (C=O) groups is 1. The zero-order valence-electron chi connectivity index (χ0n) is 12.6. The van der Waals surface area contributed by atoms with Gasteiger partial charge in [-0.2, -0.15) is 0 Å². The third-order valence-corrected chi connectivity index (χ3v) is 4.41. The first-order valence-corrected chi connectivity index (χ1v) is 7.64. The molecular formula is C17H26N2O. The lowest BCUT2D eigenvalue weighted by molar-refractivity contribution is -0.137. The van der Waals surface area contributed by atoms with Gasteiger partial charge in [-0.05, 0) is 51.6 Å². The topological polar surface area (TPSA) is 46.3 Å². The highest BCUT2D eigenvalue weighted by atomic mass is 16.2. The minimum atomic E-state index is -0.452. The SMILES string of the molecule is CC(C)(C(=O)N1CCCC1CCCN)c1ccccc1. The Balaban J connectivity index is 2.13. The molecule has 0 aliphatic carbocycles. The summed E-state index contributed by atoms with van der Waals surface area (Å²) in [7, 11) is 0. The molecule has 1 aromatic rings. The first kappa shape index (κ1) is 15.0. The van der Waals surface area contributed by atoms with Crippen LogP contribution in [0.25, 0.3) is 0 Å². The Morgan fingerprint density at radius 1 is 1.35 bits per heavy atom. The van der Waals surface area contributed by atoms with Crippen molar-refractivity contribution >= 4 is 5.91 Å². The van der Waals surface area contributed by atoms with E-state index in [4.69, 9.17) is 5.73 Å². The number of rotatable bonds is 5. The fraction of sp³-hybridized carbons (Fsp3) is 0.588. The fourth-order valence-electron chi connectivity index (χ4n) is 3.09. The van der Waals surface area contributed by atoms with Gasteiger partial charge >= 0.3 is 0 Å². The highest BCUT2D eigenvalue weighted by Crippen LogP contribution is 2.30. The number of likely N-dealkylation sites (tertiary alicyclic amines) is 1. The molecule has 3 nitrogen and oxygen atoms in total. The molecule has 0 spiro atoms. The van der Waals surface area contributed by atoms with Gasteiger partial charge < -0.3 is 10.6 Å². The molecule has 1 unspecified atom stereocenters. The molecule has 1 fully saturated rings. The van der Waals surface area contributed by atoms with E-state index in [0.717, 1.165) is 37.8 Å². The van der Waals surface area contributed by atoms with E-state index in [1.54, 1.807) is 0 Å². The lowest BCUT2D eigenvalue weighted by Gasteiger charge is -2.33. The molecule has 20 heavy (non-hydrogen) atoms. The van der Waals surface area contributed by atoms with Crippen molar-refractivity contribution in [1.82, 2.24) is 4.90 Å². The van der Waals surface area contributed by atoms with E-state index in [-0.39, 0.29) is 5.91 Å². The summed E-state index contributed by atoms with van der Waals surface area (Å²) in [5.74, 6) is 0.253. The van der Waals surface area contributed by atoms with E-state index in [2.05, 4.69) is 4.90 Å². The quantitative estimate of drug-likeness (QED) is 0.897. The molecule has 110 valence electrons. The van der Waals surface area contributed by atoms with Gasteiger partial charge in [-0.15, -0.1) is 0 Å². The van der Waals surface area contributed by atoms with Crippen molar-refractivity contribution in [3.8, 4) is 0 Å². The van der Waals surface area contributed by atoms with Gasteiger partial charge in [-0.25, -0.2) is 0 Å². The second kappa shape index (κ2) is 6.40. The van der Waals surface area contributed by atoms with Gasteiger partial charge in [0.05, 0.1) is 5.41 Å². The largest absolute Gasteiger partial charge is 0.339 e. The van der Waals surface area contributed by atoms with Gasteiger partial charge in [-0.1, -0.05) is 30.3 Å². The molecule has 1 aliphatic heterocycles. The molecule has 1 atom stereocenters. The summed E-state index contributed by atoms with van der Waals surface area (Å²) in [6.07, 6.45) is 4.27. The number of hydrogen-bond acceptors (Lipinski definition) is 2. The third-order valence-electron chi connectivity index (χ3n) is 4.41. The van der Waals surface area contributed by atoms with Gasteiger partial charge in [-0.3, -0.25) is 4.79 Å². The van der Waals surface area contributed by atoms with Crippen LogP contribution in [-0.4, -0.2) is 29.9 Å². The Morgan fingerprint density at radius 3 is 2.70 bits per heavy atom. The standard InChI is InChI=1S/C17H26N2O/c1-17(2,14-8-4-3-5-9-14)16(20)19-13-7-11-15(19)10-6-12-18/h3-5,8-9,15H,6-7,10-13,18H2,1-2H3. The molecule has 0 saturated carbocycles. The van der Waals surface area contributed by atoms with Gasteiger partial charge in [0.2, 0.25) is 5.91 Å². The Labute approximate surface area is 122 Å². The second-order valence-corrected chi connectivity index (χ2v) is 6.22. The van der Waals surface area contributed by atoms with E-state index in [9.17, 15) is 4.79 Å². The smallest absolute Gasteiger partial charge is 0.232 e. The number of carbonyl (C=O) groups excluding carboxylic acids is 1. The van der Waals surface area contributed by atoms with E-state index in [0.29, 0.717) is 12.6 Å². The molecule has 1 heterocycles. The van der Waals surface area contributed by atoms with E-state index >= 15 is 0 Å². The molecule has 1 saturated heterocycles. The van der Waals surface area contributed by atoms with Crippen molar-refractivity contribution < 1.29 is 4.79 Å². The Bertz CT molecular complexity index is 442. The van der Waals surface area contributed by atoms with Crippen molar-refractivity contribution in [2.45, 2.75) is 51.0 Å². The van der Waals surface area contributed by atoms with Crippen LogP contribution in [0, 0.1) is 0 Å². The summed E-state index contributed by atoms with van der Waals surface area (Å²) in [5.41, 5.74) is 6.24. The van der Waals surface area contributed by atoms with Crippen LogP contribution in [0.4, 0.5) is 0 Å². The summed E-state index contributed by atoms with van der Waals surface area (Å²) in [6, 6.07) is 10.5. The number of benzene rings is 1. The summed E-state index contributed by atoms with van der Waals surface area (Å²) < 4.78 is 0. The third kappa shape index (κ3) is 3.04. The average Bonchev–Trinajstić information content (AvgIpc) is 2.93. The van der Waals surface area contributed by atoms with E-state index in [1.807, 2.05) is 44.2 Å². The van der Waals surface area contributed by atoms with Crippen LogP contribution in [0.1, 0.15) is 45.1 Å². The highest BCUT2D eigenvalue weighted by Gasteiger charge is 2.38. The lowest BCUT2D eigenvalue weighted by Crippen LogP contribution is -2.45. The van der Waals surface area contributed by atoms with Crippen LogP contribution in [-0.2, 0) is 10.2 Å². The maximum absolute atomic E-state index is 12.9. The second-order valence-electron chi connectivity index (χ2n) is 6.22. The number of nitrogens with two attached hydrogens (primary N) is 1. The molecule has 1 aliphatic rings. The maximum atomic E-state index is 12.9. The molecule has 3 heteroatoms. The molecule has 0 aromatic heterocycles. The molecule has 2 rings (SSSR count). The van der Waals surface area contributed by atoms with Crippen LogP contribution in [0.3, 0.4) is 0 Å². The van der Waals surface area contributed by atoms with Gasteiger partial charge in [0.1, 0.15) is 0 Å². The first-order chi connectivity index (χ1) is 9.57. The zero-order chi connectivity index (χ0) is 14.6. The number of nitrogens with zero attached hydrogens (tertiary/aromatic N) is 1. The fourth-order valence-corrected chi connectivity index (χ4v) is 3.09. The van der Waals surface area contributed by atoms with Crippen molar-refractivity contribution in [3.05, 3.63) is 35.9 Å². The average molecular weight is 274 g/mol. The molecule has 2 N–H and O–H groups in total. The lowest BCUT2D eigenvalue weighted by atomic mass is 9.83. The van der Waals surface area contributed by atoms with Crippen molar-refractivity contribution in [2.75, 3.05) is 13.1 Å². The Hall–Kier alpha value is -1.35. The van der Waals surface area contributed by atoms with Crippen LogP contribution in [0.15, 0.2) is 30.3 Å². The van der Waals surface area contributed by atoms with Gasteiger partial charge in [0.25, 0.3) is 0 Å². The highest BCUT2D eigenvalue weighted by molar-refractivity contribution is 5.87. The molecular weight excluding hydrogens is 248 g/mol. The van der Waals surface area contributed by atoms with Crippen LogP contribution in [0.5, 0.6) is 0 Å². The van der Waals surface area contributed by atoms with Crippen molar-refractivity contribution in [1.29, 1.82) is 0 Å². The Kier molecular flexibility index (Phi) is 4.81. The summed E-state index contributed by atoms with van der Waals surface area (Å²) in [4.78, 5) is 15.0. The molecule has 0 radical (unpaired) electrons. The normalized spacial score (nSPS) is 19.4. The molecule has 1 aromatic carbocycles. The van der Waals surface area contributed by atoms with Crippen LogP contribution in [0.2, 0.25) is 0 Å². The predicted molar refractivity (Wildman–Crippen MR) is 82.5 cm³/mol. The molecule has 0 bridgehead atoms. The minimum absolute atomic E-state index is 0.253. The summed E-state index contributed by atoms with van der Waals surface area (Å²) >= 11 is 0. The number of hydrogen-bond donors (Lipinski definition) is 1. The van der Waals surface area contributed by atoms with E-state index in [1.165, 1.54) is 0 Å². The Morgan fingerprint density at radius 2 is 2.05 bits per heavy atom. The minimum Gasteiger partial charge on any atom is -0.339 e. The molecule has 1 amide bonds. The van der Waals surface area contributed by atoms with Crippen LogP contribution >= 0.6 is 0 Å². The monoisotopic (exact) mass is 274 g/mol. The van der Waals surface area contributed by atoms with Gasteiger partial charge in [0.15, 0.2) is 0 Å². The first-order valence-electron chi connectivity index (χ1n) is 7.64. The summed E-state index contributed by atoms with van der Waals surface area (Å²) in [6.45, 7) is 5.66. The van der Waals surface area contributed by atoms with Crippen molar-refractivity contribution in [3.63, 3.8) is 0 Å². The number of amides is 1.